The highest BCUT2D eigenvalue weighted by Gasteiger charge is 2.30. The Hall–Kier alpha value is -3.21. The van der Waals surface area contributed by atoms with E-state index in [9.17, 15) is 0 Å². The third kappa shape index (κ3) is 2.85. The van der Waals surface area contributed by atoms with Gasteiger partial charge in [0.25, 0.3) is 0 Å². The van der Waals surface area contributed by atoms with Crippen molar-refractivity contribution in [2.24, 2.45) is 9.98 Å². The maximum Gasteiger partial charge on any atom is 0.217 e. The molecule has 0 atom stereocenters. The van der Waals surface area contributed by atoms with Gasteiger partial charge in [-0.1, -0.05) is 35.4 Å². The number of rotatable bonds is 2. The number of likely N-dealkylation sites (N-methyl/N-ethyl adjacent to an activating group) is 1. The first-order valence-electron chi connectivity index (χ1n) is 8.20. The Bertz CT molecular complexity index is 962. The average Bonchev–Trinajstić information content (AvgIpc) is 3.17. The molecule has 5 nitrogen and oxygen atoms in total. The van der Waals surface area contributed by atoms with E-state index in [1.165, 1.54) is 11.1 Å². The molecule has 0 N–H and O–H groups in total. The summed E-state index contributed by atoms with van der Waals surface area (Å²) in [7, 11) is 1.96. The first-order valence-corrected chi connectivity index (χ1v) is 8.20. The Balaban J connectivity index is 1.82. The van der Waals surface area contributed by atoms with E-state index in [1.54, 1.807) is 6.20 Å². The van der Waals surface area contributed by atoms with Crippen molar-refractivity contribution in [3.8, 4) is 0 Å². The van der Waals surface area contributed by atoms with Crippen LogP contribution in [0.3, 0.4) is 0 Å². The summed E-state index contributed by atoms with van der Waals surface area (Å²) in [6.07, 6.45) is 3.69. The van der Waals surface area contributed by atoms with Crippen molar-refractivity contribution in [3.05, 3.63) is 72.1 Å². The fourth-order valence-corrected chi connectivity index (χ4v) is 2.77. The molecule has 0 aliphatic carbocycles. The van der Waals surface area contributed by atoms with Gasteiger partial charge in [0.15, 0.2) is 11.7 Å². The third-order valence-corrected chi connectivity index (χ3v) is 4.21. The van der Waals surface area contributed by atoms with Gasteiger partial charge in [-0.05, 0) is 38.1 Å². The van der Waals surface area contributed by atoms with E-state index in [1.807, 2.05) is 47.0 Å². The molecule has 0 saturated carbocycles. The van der Waals surface area contributed by atoms with E-state index in [0.29, 0.717) is 0 Å². The van der Waals surface area contributed by atoms with Crippen LogP contribution in [0.2, 0.25) is 0 Å². The lowest BCUT2D eigenvalue weighted by molar-refractivity contribution is 1.11. The highest BCUT2D eigenvalue weighted by molar-refractivity contribution is 6.49. The molecule has 2 aromatic carbocycles. The Labute approximate surface area is 147 Å². The Kier molecular flexibility index (Phi) is 3.69. The quantitative estimate of drug-likeness (QED) is 0.705. The normalized spacial score (nSPS) is 16.7. The predicted octanol–water partition coefficient (Wildman–Crippen LogP) is 4.26. The van der Waals surface area contributed by atoms with Crippen LogP contribution in [-0.4, -0.2) is 28.3 Å². The zero-order valence-corrected chi connectivity index (χ0v) is 14.5. The molecule has 0 unspecified atom stereocenters. The molecule has 5 heteroatoms. The van der Waals surface area contributed by atoms with Crippen LogP contribution in [-0.2, 0) is 0 Å². The molecule has 0 radical (unpaired) electrons. The lowest BCUT2D eigenvalue weighted by atomic mass is 10.2. The van der Waals surface area contributed by atoms with Crippen LogP contribution < -0.4 is 4.90 Å². The number of hydrogen-bond donors (Lipinski definition) is 0. The predicted molar refractivity (Wildman–Crippen MR) is 103 cm³/mol. The van der Waals surface area contributed by atoms with Crippen molar-refractivity contribution in [3.63, 3.8) is 0 Å². The lowest BCUT2D eigenvalue weighted by Crippen LogP contribution is -2.27. The van der Waals surface area contributed by atoms with E-state index < -0.39 is 0 Å². The van der Waals surface area contributed by atoms with Gasteiger partial charge in [0, 0.05) is 19.4 Å². The Morgan fingerprint density at radius 2 is 1.28 bits per heavy atom. The molecular formula is C20H19N5. The van der Waals surface area contributed by atoms with E-state index >= 15 is 0 Å². The fourth-order valence-electron chi connectivity index (χ4n) is 2.77. The van der Waals surface area contributed by atoms with Crippen LogP contribution in [0.4, 0.5) is 17.3 Å². The smallest absolute Gasteiger partial charge is 0.217 e. The van der Waals surface area contributed by atoms with Crippen molar-refractivity contribution in [2.75, 3.05) is 11.9 Å². The van der Waals surface area contributed by atoms with Gasteiger partial charge in [-0.3, -0.25) is 9.47 Å². The topological polar surface area (TPSA) is 45.8 Å². The van der Waals surface area contributed by atoms with Crippen LogP contribution in [0.25, 0.3) is 0 Å². The van der Waals surface area contributed by atoms with Crippen LogP contribution in [0.5, 0.6) is 0 Å². The van der Waals surface area contributed by atoms with Gasteiger partial charge in [-0.25, -0.2) is 15.0 Å². The van der Waals surface area contributed by atoms with Crippen molar-refractivity contribution in [2.45, 2.75) is 13.8 Å². The van der Waals surface area contributed by atoms with Gasteiger partial charge in [0.05, 0.1) is 11.4 Å². The largest absolute Gasteiger partial charge is 0.296 e. The number of aliphatic imine (C=N–C) groups is 2. The first kappa shape index (κ1) is 15.3. The lowest BCUT2D eigenvalue weighted by Gasteiger charge is -2.10. The number of aromatic nitrogens is 2. The molecule has 1 aromatic heterocycles. The van der Waals surface area contributed by atoms with Gasteiger partial charge >= 0.3 is 0 Å². The molecule has 0 saturated heterocycles. The summed E-state index contributed by atoms with van der Waals surface area (Å²) in [6.45, 7) is 4.14. The van der Waals surface area contributed by atoms with E-state index in [-0.39, 0.29) is 0 Å². The maximum atomic E-state index is 4.83. The Morgan fingerprint density at radius 1 is 0.760 bits per heavy atom. The van der Waals surface area contributed by atoms with E-state index in [4.69, 9.17) is 9.98 Å². The number of imidazole rings is 1. The van der Waals surface area contributed by atoms with E-state index in [0.717, 1.165) is 29.0 Å². The zero-order valence-electron chi connectivity index (χ0n) is 14.5. The average molecular weight is 329 g/mol. The van der Waals surface area contributed by atoms with Gasteiger partial charge in [0.2, 0.25) is 5.95 Å². The van der Waals surface area contributed by atoms with Crippen molar-refractivity contribution >= 4 is 29.0 Å². The molecule has 3 aromatic rings. The third-order valence-electron chi connectivity index (χ3n) is 4.21. The molecule has 1 aliphatic heterocycles. The molecular weight excluding hydrogens is 310 g/mol. The minimum atomic E-state index is 0.777. The monoisotopic (exact) mass is 329 g/mol. The van der Waals surface area contributed by atoms with Crippen LogP contribution in [0.15, 0.2) is 70.9 Å². The molecule has 1 aliphatic rings. The zero-order chi connectivity index (χ0) is 17.4. The number of nitrogens with zero attached hydrogens (tertiary/aromatic N) is 5. The summed E-state index contributed by atoms with van der Waals surface area (Å²) in [5.41, 5.74) is 4.22. The summed E-state index contributed by atoms with van der Waals surface area (Å²) in [5, 5.41) is 0. The molecule has 25 heavy (non-hydrogen) atoms. The fraction of sp³-hybridized carbons (Fsp3) is 0.150. The highest BCUT2D eigenvalue weighted by Crippen LogP contribution is 2.25. The van der Waals surface area contributed by atoms with Crippen LogP contribution in [0.1, 0.15) is 11.1 Å². The molecule has 2 heterocycles. The molecule has 0 bridgehead atoms. The van der Waals surface area contributed by atoms with Crippen molar-refractivity contribution < 1.29 is 0 Å². The van der Waals surface area contributed by atoms with Crippen molar-refractivity contribution in [1.82, 2.24) is 9.55 Å². The second-order valence-electron chi connectivity index (χ2n) is 6.20. The second kappa shape index (κ2) is 6.02. The summed E-state index contributed by atoms with van der Waals surface area (Å²) < 4.78 is 1.97. The number of hydrogen-bond acceptors (Lipinski definition) is 3. The summed E-state index contributed by atoms with van der Waals surface area (Å²) >= 11 is 0. The Morgan fingerprint density at radius 3 is 1.84 bits per heavy atom. The minimum absolute atomic E-state index is 0.777. The van der Waals surface area contributed by atoms with Crippen molar-refractivity contribution in [1.29, 1.82) is 0 Å². The van der Waals surface area contributed by atoms with E-state index in [2.05, 4.69) is 43.1 Å². The first-order chi connectivity index (χ1) is 12.1. The summed E-state index contributed by atoms with van der Waals surface area (Å²) in [4.78, 5) is 16.0. The molecule has 0 fully saturated rings. The van der Waals surface area contributed by atoms with Crippen LogP contribution >= 0.6 is 0 Å². The number of anilines is 1. The molecule has 0 amide bonds. The minimum Gasteiger partial charge on any atom is -0.296 e. The molecule has 124 valence electrons. The maximum absolute atomic E-state index is 4.83. The van der Waals surface area contributed by atoms with Gasteiger partial charge in [-0.2, -0.15) is 0 Å². The molecule has 0 spiro atoms. The SMILES string of the molecule is Cc1ccc(N=C2C(=Nc3ccc(C)cc3)n3ccnc3N2C)cc1. The number of benzene rings is 2. The highest BCUT2D eigenvalue weighted by atomic mass is 15.4. The number of aryl methyl sites for hydroxylation is 2. The van der Waals surface area contributed by atoms with Crippen LogP contribution in [0, 0.1) is 13.8 Å². The van der Waals surface area contributed by atoms with Gasteiger partial charge in [0.1, 0.15) is 0 Å². The summed E-state index contributed by atoms with van der Waals surface area (Å²) in [6, 6.07) is 16.3. The number of amidine groups is 1. The molecule has 4 rings (SSSR count). The number of fused-ring (bicyclic) bond motifs is 1. The second-order valence-corrected chi connectivity index (χ2v) is 6.20. The van der Waals surface area contributed by atoms with Gasteiger partial charge < -0.3 is 0 Å². The summed E-state index contributed by atoms with van der Waals surface area (Å²) in [5.74, 6) is 2.38. The van der Waals surface area contributed by atoms with Gasteiger partial charge in [-0.15, -0.1) is 0 Å². The standard InChI is InChI=1S/C20H19N5/c1-14-4-8-16(9-5-14)22-18-19(23-17-10-6-15(2)7-11-17)25-13-12-21-20(25)24(18)3/h4-13H,1-3H3.